The lowest BCUT2D eigenvalue weighted by atomic mass is 10.1. The molecular weight excluding hydrogens is 1390 g/mol. The number of terminal acetylenes is 1. The number of carboxylic acid groups (broad SMARTS) is 2. The van der Waals surface area contributed by atoms with Gasteiger partial charge < -0.3 is 90.1 Å². The van der Waals surface area contributed by atoms with Gasteiger partial charge in [0.1, 0.15) is 60.2 Å². The van der Waals surface area contributed by atoms with Crippen molar-refractivity contribution in [3.05, 3.63) is 24.3 Å². The van der Waals surface area contributed by atoms with Crippen molar-refractivity contribution in [2.75, 3.05) is 64.5 Å². The molecule has 36 heteroatoms. The third kappa shape index (κ3) is 53.2. The highest BCUT2D eigenvalue weighted by Crippen LogP contribution is 2.29. The van der Waals surface area contributed by atoms with E-state index in [4.69, 9.17) is 55.6 Å². The van der Waals surface area contributed by atoms with Crippen LogP contribution in [0.4, 0.5) is 28.8 Å². The number of aliphatic carboxylic acids is 2. The van der Waals surface area contributed by atoms with Crippen LogP contribution in [0.1, 0.15) is 145 Å². The molecule has 2 fully saturated rings. The smallest absolute Gasteiger partial charge is 0.408 e. The number of hydrogen-bond acceptors (Lipinski definition) is 27. The number of ether oxygens (including phenoxy) is 9. The van der Waals surface area contributed by atoms with E-state index in [1.807, 2.05) is 34.6 Å². The molecule has 11 N–H and O–H groups in total. The topological polar surface area (TPSA) is 460 Å². The second kappa shape index (κ2) is 52.2. The number of carboxylic acids is 2. The third-order valence-corrected chi connectivity index (χ3v) is 15.7. The first-order valence-electron chi connectivity index (χ1n) is 31.8. The molecule has 100 heavy (non-hydrogen) atoms. The standard InChI is InChI=1S/C18H31N3O6S.C15H26N2O5S.C14H24N2O5S.C11H17NO6.C4H9NOS.C2H2/c1-7-19-17(25)28-11-12(2)10-20-15(23)13(8-9-14(22)26-6)21-16(24)27-18(3,4)5;1-6-9-8-23-10(7-11(18)20-5)12(13(16)21-9)17-14(19)22-15(2,3)4;1-5-8-7-22-9(6-10(17)18)11(12(15)20-8)16-13(19)21-14(2,3)4;1-11(2,3)18-10(16)12-7(9(14)15)5-6-8(13)17-4;1-3-5-4(6)7-2;1-2/h8-9,12-13H,7,10-11H2,1-6H3,(H,19,25)(H,20,23)(H,21,24);9-10,12,16H,6-8H2,1-5H3,(H,17,19);8-9,11,15H,5-7H2,1-4H3,(H,16,19)(H,17,18);5-7H,1-4H3,(H,12,16)(H,14,15);3H2,1-2H3,(H,5,6);1-2H/b9-8+;;;6-5+;;/i;;;;;1D. The summed E-state index contributed by atoms with van der Waals surface area (Å²) < 4.78 is 50.8. The molecule has 2 aliphatic heterocycles. The zero-order valence-electron chi connectivity index (χ0n) is 62.3. The molecule has 9 atom stereocenters. The Kier molecular flexibility index (Phi) is 50.4. The van der Waals surface area contributed by atoms with Crippen LogP contribution in [-0.4, -0.2) is 226 Å². The van der Waals surface area contributed by atoms with Crippen LogP contribution in [0, 0.1) is 29.6 Å². The van der Waals surface area contributed by atoms with Gasteiger partial charge in [-0.15, -0.1) is 12.8 Å². The number of esters is 3. The predicted molar refractivity (Wildman–Crippen MR) is 386 cm³/mol. The Bertz CT molecular complexity index is 2750. The molecule has 0 aromatic heterocycles. The third-order valence-electron chi connectivity index (χ3n) is 11.2. The molecular formula is C64H109N9O23S4. The monoisotopic (exact) mass is 1500 g/mol. The van der Waals surface area contributed by atoms with Gasteiger partial charge in [-0.25, -0.2) is 33.6 Å². The van der Waals surface area contributed by atoms with Crippen LogP contribution in [0.15, 0.2) is 24.3 Å². The number of thioether (sulfide) groups is 4. The summed E-state index contributed by atoms with van der Waals surface area (Å²) in [6.45, 7) is 31.6. The summed E-state index contributed by atoms with van der Waals surface area (Å²) in [6.07, 6.45) is 9.83. The van der Waals surface area contributed by atoms with Crippen molar-refractivity contribution < 1.29 is 112 Å². The molecule has 0 bridgehead atoms. The van der Waals surface area contributed by atoms with Gasteiger partial charge in [0.2, 0.25) is 17.7 Å². The van der Waals surface area contributed by atoms with Crippen LogP contribution < -0.4 is 37.2 Å². The Labute approximate surface area is 606 Å². The highest BCUT2D eigenvalue weighted by Gasteiger charge is 2.38. The van der Waals surface area contributed by atoms with Crippen molar-refractivity contribution >= 4 is 129 Å². The van der Waals surface area contributed by atoms with E-state index in [2.05, 4.69) is 53.1 Å². The lowest BCUT2D eigenvalue weighted by molar-refractivity contribution is -0.141. The van der Waals surface area contributed by atoms with Crippen molar-refractivity contribution in [1.82, 2.24) is 37.2 Å². The van der Waals surface area contributed by atoms with Crippen LogP contribution >= 0.6 is 47.0 Å². The molecule has 2 aliphatic rings. The molecule has 572 valence electrons. The average Bonchev–Trinajstić information content (AvgIpc) is 1.78. The van der Waals surface area contributed by atoms with Gasteiger partial charge in [-0.05, 0) is 134 Å². The molecule has 0 aromatic carbocycles. The number of nitrogens with one attached hydrogen (secondary N) is 9. The largest absolute Gasteiger partial charge is 0.481 e. The first kappa shape index (κ1) is 96.4. The van der Waals surface area contributed by atoms with E-state index in [0.29, 0.717) is 36.8 Å². The molecule has 7 amide bonds. The Morgan fingerprint density at radius 3 is 1.31 bits per heavy atom. The van der Waals surface area contributed by atoms with Crippen LogP contribution in [-0.2, 0) is 71.4 Å². The summed E-state index contributed by atoms with van der Waals surface area (Å²) in [5.41, 5.74) is -2.78. The molecule has 2 heterocycles. The summed E-state index contributed by atoms with van der Waals surface area (Å²) in [7, 11) is 3.68. The Morgan fingerprint density at radius 1 is 0.610 bits per heavy atom. The summed E-state index contributed by atoms with van der Waals surface area (Å²) in [4.78, 5) is 137. The number of carbonyl (C=O) groups excluding carboxylic acids is 10. The Balaban J connectivity index is -0.000000598. The highest BCUT2D eigenvalue weighted by molar-refractivity contribution is 8.13. The van der Waals surface area contributed by atoms with Crippen LogP contribution in [0.25, 0.3) is 0 Å². The highest BCUT2D eigenvalue weighted by atomic mass is 32.2. The number of amides is 7. The van der Waals surface area contributed by atoms with E-state index < -0.39 is 106 Å². The average molecular weight is 1500 g/mol. The molecule has 0 saturated carbocycles. The van der Waals surface area contributed by atoms with Crippen molar-refractivity contribution in [2.45, 2.75) is 213 Å². The summed E-state index contributed by atoms with van der Waals surface area (Å²) in [5, 5.41) is 50.8. The molecule has 0 radical (unpaired) electrons. The molecule has 2 saturated heterocycles. The van der Waals surface area contributed by atoms with Gasteiger partial charge >= 0.3 is 54.2 Å². The molecule has 0 spiro atoms. The fraction of sp³-hybridized carbons (Fsp3) is 0.688. The van der Waals surface area contributed by atoms with Gasteiger partial charge in [-0.1, -0.05) is 44.3 Å². The van der Waals surface area contributed by atoms with Crippen molar-refractivity contribution in [1.29, 1.82) is 10.8 Å². The van der Waals surface area contributed by atoms with Crippen molar-refractivity contribution in [3.63, 3.8) is 0 Å². The number of rotatable bonds is 22. The van der Waals surface area contributed by atoms with Crippen molar-refractivity contribution in [2.24, 2.45) is 5.92 Å². The zero-order chi connectivity index (χ0) is 79.0. The Hall–Kier alpha value is -7.78. The van der Waals surface area contributed by atoms with E-state index in [0.717, 1.165) is 50.1 Å². The number of methoxy groups -OCH3 is 3. The summed E-state index contributed by atoms with van der Waals surface area (Å²) >= 11 is 5.23. The first-order valence-corrected chi connectivity index (χ1v) is 35.6. The summed E-state index contributed by atoms with van der Waals surface area (Å²) in [6, 6.07) is -4.02. The van der Waals surface area contributed by atoms with Crippen LogP contribution in [0.2, 0.25) is 0 Å². The zero-order valence-corrected chi connectivity index (χ0v) is 64.5. The quantitative estimate of drug-likeness (QED) is 0.0209. The number of hydrogen-bond donors (Lipinski definition) is 11. The minimum Gasteiger partial charge on any atom is -0.481 e. The fourth-order valence-electron chi connectivity index (χ4n) is 6.75. The van der Waals surface area contributed by atoms with Gasteiger partial charge in [-0.3, -0.25) is 34.8 Å². The maximum atomic E-state index is 12.4. The second-order valence-corrected chi connectivity index (χ2v) is 29.1. The maximum absolute atomic E-state index is 12.4. The lowest BCUT2D eigenvalue weighted by Crippen LogP contribution is -2.49. The lowest BCUT2D eigenvalue weighted by Gasteiger charge is -2.26. The van der Waals surface area contributed by atoms with Gasteiger partial charge in [-0.2, -0.15) is 23.5 Å². The SMILES string of the molecule is CCC1CSC(CC(=O)O)C(NC(=O)OC(C)(C)C)C(=N)O1.CCC1CSC(CC(=O)OC)C(NC(=O)OC(C)(C)C)C(=N)O1.CCNC(=O)SC.CCNC(=O)SCC(C)CNC(=O)C(/C=C/C(=O)OC)NC(=O)OC(C)(C)C.COC(=O)/C=C/C(NC(=O)OC(C)(C)C)C(=O)O.[2H]C#C. The number of alkyl carbamates (subject to hydrolysis) is 4. The van der Waals surface area contributed by atoms with E-state index in [9.17, 15) is 57.5 Å². The van der Waals surface area contributed by atoms with Gasteiger partial charge in [0, 0.05) is 59.5 Å². The second-order valence-electron chi connectivity index (χ2n) is 24.7. The molecule has 32 nitrogen and oxygen atoms in total. The van der Waals surface area contributed by atoms with E-state index in [1.54, 1.807) is 89.3 Å². The van der Waals surface area contributed by atoms with Crippen LogP contribution in [0.5, 0.6) is 0 Å². The number of carbonyl (C=O) groups is 12. The fourth-order valence-corrected chi connectivity index (χ4v) is 10.7. The predicted octanol–water partition coefficient (Wildman–Crippen LogP) is 8.42. The maximum Gasteiger partial charge on any atom is 0.408 e. The van der Waals surface area contributed by atoms with E-state index >= 15 is 0 Å². The Morgan fingerprint density at radius 2 is 0.980 bits per heavy atom. The molecule has 2 rings (SSSR count). The van der Waals surface area contributed by atoms with Gasteiger partial charge in [0.15, 0.2) is 0 Å². The van der Waals surface area contributed by atoms with Gasteiger partial charge in [0.05, 0.1) is 34.2 Å². The molecule has 0 aromatic rings. The molecule has 0 aliphatic carbocycles. The van der Waals surface area contributed by atoms with Gasteiger partial charge in [0.25, 0.3) is 10.5 Å². The van der Waals surface area contributed by atoms with Crippen molar-refractivity contribution in [3.8, 4) is 12.8 Å². The minimum atomic E-state index is -1.36. The van der Waals surface area contributed by atoms with E-state index in [1.165, 1.54) is 62.0 Å². The first-order chi connectivity index (χ1) is 46.6. The minimum absolute atomic E-state index is 0.0170. The normalized spacial score (nSPS) is 18.2. The molecule has 9 unspecified atom stereocenters. The van der Waals surface area contributed by atoms with E-state index in [-0.39, 0.29) is 64.5 Å². The summed E-state index contributed by atoms with van der Waals surface area (Å²) in [5.74, 6) is -2.97. The van der Waals surface area contributed by atoms with Crippen LogP contribution in [0.3, 0.4) is 0 Å².